The zero-order valence-electron chi connectivity index (χ0n) is 11.9. The van der Waals surface area contributed by atoms with Crippen LogP contribution in [0.4, 0.5) is 4.39 Å². The van der Waals surface area contributed by atoms with Crippen molar-refractivity contribution in [3.63, 3.8) is 0 Å². The highest BCUT2D eigenvalue weighted by atomic mass is 35.5. The standard InChI is InChI=1S/C13H17ClFN5S/c1-9(2)16-6-7-20-13(17-18-19-20)21-8-10-4-3-5-11(14)12(10)15/h3-5,9,16H,6-8H2,1-2H3. The highest BCUT2D eigenvalue weighted by Gasteiger charge is 2.10. The van der Waals surface area contributed by atoms with E-state index in [-0.39, 0.29) is 10.8 Å². The van der Waals surface area contributed by atoms with E-state index in [1.54, 1.807) is 16.8 Å². The lowest BCUT2D eigenvalue weighted by Crippen LogP contribution is -2.27. The Balaban J connectivity index is 1.94. The summed E-state index contributed by atoms with van der Waals surface area (Å²) in [6.45, 7) is 5.61. The summed E-state index contributed by atoms with van der Waals surface area (Å²) in [7, 11) is 0. The van der Waals surface area contributed by atoms with Crippen LogP contribution in [0.2, 0.25) is 5.02 Å². The van der Waals surface area contributed by atoms with E-state index in [1.807, 2.05) is 0 Å². The quantitative estimate of drug-likeness (QED) is 0.792. The van der Waals surface area contributed by atoms with Gasteiger partial charge in [-0.2, -0.15) is 0 Å². The molecule has 0 spiro atoms. The van der Waals surface area contributed by atoms with Crippen molar-refractivity contribution in [1.82, 2.24) is 25.5 Å². The van der Waals surface area contributed by atoms with Crippen molar-refractivity contribution >= 4 is 23.4 Å². The molecule has 2 aromatic rings. The summed E-state index contributed by atoms with van der Waals surface area (Å²) >= 11 is 7.15. The number of nitrogens with one attached hydrogen (secondary N) is 1. The van der Waals surface area contributed by atoms with Crippen molar-refractivity contribution in [2.24, 2.45) is 0 Å². The monoisotopic (exact) mass is 329 g/mol. The van der Waals surface area contributed by atoms with Crippen LogP contribution in [0.3, 0.4) is 0 Å². The topological polar surface area (TPSA) is 55.6 Å². The van der Waals surface area contributed by atoms with Gasteiger partial charge in [0.2, 0.25) is 5.16 Å². The minimum Gasteiger partial charge on any atom is -0.313 e. The number of benzene rings is 1. The van der Waals surface area contributed by atoms with Crippen molar-refractivity contribution in [1.29, 1.82) is 0 Å². The van der Waals surface area contributed by atoms with Crippen LogP contribution in [0.5, 0.6) is 0 Å². The summed E-state index contributed by atoms with van der Waals surface area (Å²) in [6.07, 6.45) is 0. The van der Waals surface area contributed by atoms with E-state index in [9.17, 15) is 4.39 Å². The fourth-order valence-electron chi connectivity index (χ4n) is 1.70. The highest BCUT2D eigenvalue weighted by molar-refractivity contribution is 7.98. The van der Waals surface area contributed by atoms with Crippen LogP contribution >= 0.6 is 23.4 Å². The van der Waals surface area contributed by atoms with Crippen LogP contribution in [0.15, 0.2) is 23.4 Å². The summed E-state index contributed by atoms with van der Waals surface area (Å²) in [5.74, 6) is 0.0526. The van der Waals surface area contributed by atoms with Crippen molar-refractivity contribution in [3.8, 4) is 0 Å². The second-order valence-electron chi connectivity index (χ2n) is 4.80. The van der Waals surface area contributed by atoms with E-state index in [0.29, 0.717) is 29.1 Å². The molecular formula is C13H17ClFN5S. The summed E-state index contributed by atoms with van der Waals surface area (Å²) in [5, 5.41) is 15.7. The van der Waals surface area contributed by atoms with E-state index in [4.69, 9.17) is 11.6 Å². The van der Waals surface area contributed by atoms with Crippen LogP contribution in [0.1, 0.15) is 19.4 Å². The molecule has 0 atom stereocenters. The number of thioether (sulfide) groups is 1. The Hall–Kier alpha value is -1.18. The number of nitrogens with zero attached hydrogens (tertiary/aromatic N) is 4. The molecule has 1 N–H and O–H groups in total. The normalized spacial score (nSPS) is 11.3. The van der Waals surface area contributed by atoms with Crippen LogP contribution < -0.4 is 5.32 Å². The number of aromatic nitrogens is 4. The SMILES string of the molecule is CC(C)NCCn1nnnc1SCc1cccc(Cl)c1F. The molecule has 114 valence electrons. The maximum absolute atomic E-state index is 13.8. The van der Waals surface area contributed by atoms with Gasteiger partial charge < -0.3 is 5.32 Å². The predicted molar refractivity (Wildman–Crippen MR) is 81.9 cm³/mol. The van der Waals surface area contributed by atoms with Gasteiger partial charge in [0.25, 0.3) is 0 Å². The number of hydrogen-bond acceptors (Lipinski definition) is 5. The van der Waals surface area contributed by atoms with Gasteiger partial charge in [-0.3, -0.25) is 0 Å². The first-order valence-electron chi connectivity index (χ1n) is 6.63. The van der Waals surface area contributed by atoms with Gasteiger partial charge in [0.05, 0.1) is 11.6 Å². The van der Waals surface area contributed by atoms with E-state index in [0.717, 1.165) is 6.54 Å². The second-order valence-corrected chi connectivity index (χ2v) is 6.14. The average Bonchev–Trinajstić information content (AvgIpc) is 2.88. The Morgan fingerprint density at radius 3 is 3.00 bits per heavy atom. The van der Waals surface area contributed by atoms with Gasteiger partial charge in [0.15, 0.2) is 0 Å². The van der Waals surface area contributed by atoms with Gasteiger partial charge in [-0.1, -0.05) is 49.3 Å². The lowest BCUT2D eigenvalue weighted by atomic mass is 10.2. The third-order valence-electron chi connectivity index (χ3n) is 2.76. The molecule has 5 nitrogen and oxygen atoms in total. The lowest BCUT2D eigenvalue weighted by Gasteiger charge is -2.08. The zero-order chi connectivity index (χ0) is 15.2. The fraction of sp³-hybridized carbons (Fsp3) is 0.462. The minimum absolute atomic E-state index is 0.133. The van der Waals surface area contributed by atoms with Gasteiger partial charge in [-0.05, 0) is 22.1 Å². The Morgan fingerprint density at radius 2 is 2.24 bits per heavy atom. The van der Waals surface area contributed by atoms with Crippen molar-refractivity contribution in [2.45, 2.75) is 37.3 Å². The second kappa shape index (κ2) is 7.72. The molecule has 1 aromatic carbocycles. The molecule has 1 aromatic heterocycles. The Kier molecular flexibility index (Phi) is 5.96. The van der Waals surface area contributed by atoms with Crippen LogP contribution in [0, 0.1) is 5.82 Å². The smallest absolute Gasteiger partial charge is 0.209 e. The first kappa shape index (κ1) is 16.2. The average molecular weight is 330 g/mol. The maximum Gasteiger partial charge on any atom is 0.209 e. The third kappa shape index (κ3) is 4.66. The van der Waals surface area contributed by atoms with Gasteiger partial charge in [0.1, 0.15) is 5.82 Å². The van der Waals surface area contributed by atoms with Crippen molar-refractivity contribution in [3.05, 3.63) is 34.6 Å². The number of rotatable bonds is 7. The van der Waals surface area contributed by atoms with Crippen molar-refractivity contribution in [2.75, 3.05) is 6.54 Å². The molecule has 0 radical (unpaired) electrons. The van der Waals surface area contributed by atoms with Gasteiger partial charge in [-0.15, -0.1) is 5.10 Å². The van der Waals surface area contributed by atoms with Crippen LogP contribution in [0.25, 0.3) is 0 Å². The molecule has 0 amide bonds. The first-order valence-corrected chi connectivity index (χ1v) is 7.99. The zero-order valence-corrected chi connectivity index (χ0v) is 13.5. The largest absolute Gasteiger partial charge is 0.313 e. The molecule has 1 heterocycles. The van der Waals surface area contributed by atoms with Crippen LogP contribution in [-0.4, -0.2) is 32.8 Å². The Bertz CT molecular complexity index is 590. The summed E-state index contributed by atoms with van der Waals surface area (Å²) in [4.78, 5) is 0. The van der Waals surface area contributed by atoms with Gasteiger partial charge in [0, 0.05) is 18.3 Å². The molecule has 21 heavy (non-hydrogen) atoms. The van der Waals surface area contributed by atoms with Gasteiger partial charge in [-0.25, -0.2) is 9.07 Å². The number of hydrogen-bond donors (Lipinski definition) is 1. The van der Waals surface area contributed by atoms with E-state index < -0.39 is 0 Å². The van der Waals surface area contributed by atoms with Crippen molar-refractivity contribution < 1.29 is 4.39 Å². The number of tetrazole rings is 1. The lowest BCUT2D eigenvalue weighted by molar-refractivity contribution is 0.485. The molecule has 0 aliphatic heterocycles. The summed E-state index contributed by atoms with van der Waals surface area (Å²) < 4.78 is 15.5. The molecule has 2 rings (SSSR count). The molecule has 0 aliphatic carbocycles. The minimum atomic E-state index is -0.382. The Labute approximate surface area is 132 Å². The highest BCUT2D eigenvalue weighted by Crippen LogP contribution is 2.25. The molecule has 0 fully saturated rings. The predicted octanol–water partition coefficient (Wildman–Crippen LogP) is 2.76. The summed E-state index contributed by atoms with van der Waals surface area (Å²) in [6, 6.07) is 5.39. The van der Waals surface area contributed by atoms with Crippen LogP contribution in [-0.2, 0) is 12.3 Å². The molecule has 0 saturated carbocycles. The molecule has 0 aliphatic rings. The number of halogens is 2. The summed E-state index contributed by atoms with van der Waals surface area (Å²) in [5.41, 5.74) is 0.544. The molecule has 0 unspecified atom stereocenters. The van der Waals surface area contributed by atoms with E-state index in [2.05, 4.69) is 34.7 Å². The van der Waals surface area contributed by atoms with E-state index in [1.165, 1.54) is 17.8 Å². The fourth-order valence-corrected chi connectivity index (χ4v) is 2.77. The molecule has 0 bridgehead atoms. The Morgan fingerprint density at radius 1 is 1.43 bits per heavy atom. The van der Waals surface area contributed by atoms with E-state index >= 15 is 0 Å². The molecular weight excluding hydrogens is 313 g/mol. The molecule has 8 heteroatoms. The maximum atomic E-state index is 13.8. The van der Waals surface area contributed by atoms with Gasteiger partial charge >= 0.3 is 0 Å². The first-order chi connectivity index (χ1) is 10.1. The third-order valence-corrected chi connectivity index (χ3v) is 4.06. The molecule has 0 saturated heterocycles.